The number of rotatable bonds is 4. The van der Waals surface area contributed by atoms with Gasteiger partial charge in [0.05, 0.1) is 5.75 Å². The molecule has 0 aliphatic heterocycles. The molecule has 0 saturated carbocycles. The molecule has 0 saturated heterocycles. The molecule has 0 atom stereocenters. The monoisotopic (exact) mass is 283 g/mol. The number of benzene rings is 2. The van der Waals surface area contributed by atoms with Crippen LogP contribution in [-0.2, 0) is 6.61 Å². The Bertz CT molecular complexity index is 610. The molecule has 0 aromatic heterocycles. The summed E-state index contributed by atoms with van der Waals surface area (Å²) >= 11 is 0. The van der Waals surface area contributed by atoms with Crippen LogP contribution in [0.5, 0.6) is 5.75 Å². The zero-order valence-electron chi connectivity index (χ0n) is 10.7. The highest BCUT2D eigenvalue weighted by Crippen LogP contribution is 2.20. The Morgan fingerprint density at radius 2 is 1.75 bits per heavy atom. The highest BCUT2D eigenvalue weighted by molar-refractivity contribution is 6.74. The second kappa shape index (κ2) is 5.57. The van der Waals surface area contributed by atoms with Crippen LogP contribution in [0.3, 0.4) is 0 Å². The molecule has 0 spiro atoms. The van der Waals surface area contributed by atoms with Crippen molar-refractivity contribution in [1.29, 1.82) is 0 Å². The average Bonchev–Trinajstić information content (AvgIpc) is 2.38. The molecule has 0 heterocycles. The Labute approximate surface area is 114 Å². The van der Waals surface area contributed by atoms with E-state index in [2.05, 4.69) is 0 Å². The maximum absolute atomic E-state index is 13.4. The lowest BCUT2D eigenvalue weighted by atomic mass is 9.78. The largest absolute Gasteiger partial charge is 0.513 e. The number of hydrogen-bond acceptors (Lipinski definition) is 1. The van der Waals surface area contributed by atoms with Crippen LogP contribution in [-0.4, -0.2) is 6.98 Å². The Morgan fingerprint density at radius 3 is 2.40 bits per heavy atom. The van der Waals surface area contributed by atoms with Crippen molar-refractivity contribution in [1.82, 2.24) is 0 Å². The van der Waals surface area contributed by atoms with E-state index < -0.39 is 18.3 Å². The number of aryl methyl sites for hydroxylation is 1. The van der Waals surface area contributed by atoms with Crippen molar-refractivity contribution in [3.63, 3.8) is 0 Å². The van der Waals surface area contributed by atoms with Gasteiger partial charge in [0.2, 0.25) is 0 Å². The van der Waals surface area contributed by atoms with Crippen molar-refractivity contribution in [3.8, 4) is 5.75 Å². The third-order valence-electron chi connectivity index (χ3n) is 2.86. The molecule has 0 fully saturated rings. The van der Waals surface area contributed by atoms with Gasteiger partial charge >= 0.3 is 6.98 Å². The molecule has 1 nitrogen and oxygen atoms in total. The number of ether oxygens (including phenoxy) is 1. The van der Waals surface area contributed by atoms with Gasteiger partial charge in [-0.3, -0.25) is 0 Å². The van der Waals surface area contributed by atoms with Crippen LogP contribution in [0.15, 0.2) is 42.5 Å². The maximum Gasteiger partial charge on any atom is 0.513 e. The van der Waals surface area contributed by atoms with E-state index in [0.29, 0.717) is 5.56 Å². The summed E-state index contributed by atoms with van der Waals surface area (Å²) in [5.41, 5.74) is -0.0764. The smallest absolute Gasteiger partial charge is 0.492 e. The molecule has 0 aliphatic rings. The van der Waals surface area contributed by atoms with E-state index >= 15 is 0 Å². The minimum absolute atomic E-state index is 0.216. The molecular formula is C14H12BF4O-. The van der Waals surface area contributed by atoms with Gasteiger partial charge in [-0.25, -0.2) is 4.39 Å². The van der Waals surface area contributed by atoms with Crippen molar-refractivity contribution < 1.29 is 22.1 Å². The van der Waals surface area contributed by atoms with E-state index in [1.807, 2.05) is 0 Å². The summed E-state index contributed by atoms with van der Waals surface area (Å²) in [6, 6.07) is 9.66. The molecule has 2 rings (SSSR count). The third-order valence-corrected chi connectivity index (χ3v) is 2.86. The fraction of sp³-hybridized carbons (Fsp3) is 0.143. The van der Waals surface area contributed by atoms with Crippen LogP contribution in [0, 0.1) is 12.7 Å². The van der Waals surface area contributed by atoms with Crippen molar-refractivity contribution in [3.05, 3.63) is 59.4 Å². The lowest BCUT2D eigenvalue weighted by Gasteiger charge is -2.20. The molecule has 0 amide bonds. The molecule has 0 aliphatic carbocycles. The van der Waals surface area contributed by atoms with Crippen LogP contribution < -0.4 is 10.2 Å². The maximum atomic E-state index is 13.4. The number of hydrogen-bond donors (Lipinski definition) is 0. The summed E-state index contributed by atoms with van der Waals surface area (Å²) < 4.78 is 57.4. The van der Waals surface area contributed by atoms with Gasteiger partial charge in [0.25, 0.3) is 0 Å². The first-order valence-electron chi connectivity index (χ1n) is 6.04. The zero-order chi connectivity index (χ0) is 14.8. The molecule has 0 bridgehead atoms. The van der Waals surface area contributed by atoms with E-state index in [9.17, 15) is 17.3 Å². The average molecular weight is 283 g/mol. The molecule has 2 aromatic carbocycles. The number of halogens is 4. The van der Waals surface area contributed by atoms with Gasteiger partial charge in [0.1, 0.15) is 12.4 Å². The summed E-state index contributed by atoms with van der Waals surface area (Å²) in [5.74, 6) is -0.773. The predicted octanol–water partition coefficient (Wildman–Crippen LogP) is 3.77. The summed E-state index contributed by atoms with van der Waals surface area (Å²) in [4.78, 5) is 0. The van der Waals surface area contributed by atoms with Crippen LogP contribution in [0.25, 0.3) is 0 Å². The Balaban J connectivity index is 2.24. The molecule has 6 heteroatoms. The molecule has 2 aromatic rings. The Hall–Kier alpha value is -1.98. The Morgan fingerprint density at radius 1 is 1.05 bits per heavy atom. The zero-order valence-corrected chi connectivity index (χ0v) is 10.7. The lowest BCUT2D eigenvalue weighted by molar-refractivity contribution is 0.300. The van der Waals surface area contributed by atoms with Crippen LogP contribution in [0.2, 0.25) is 0 Å². The topological polar surface area (TPSA) is 9.23 Å². The van der Waals surface area contributed by atoms with Crippen LogP contribution in [0.4, 0.5) is 17.3 Å². The van der Waals surface area contributed by atoms with Gasteiger partial charge in [-0.05, 0) is 19.1 Å². The minimum Gasteiger partial charge on any atom is -0.492 e. The first-order valence-corrected chi connectivity index (χ1v) is 6.04. The second-order valence-electron chi connectivity index (χ2n) is 4.50. The highest BCUT2D eigenvalue weighted by atomic mass is 19.4. The van der Waals surface area contributed by atoms with Gasteiger partial charge in [-0.15, -0.1) is 0 Å². The van der Waals surface area contributed by atoms with Gasteiger partial charge in [0.15, 0.2) is 0 Å². The van der Waals surface area contributed by atoms with Gasteiger partial charge in [-0.1, -0.05) is 41.4 Å². The van der Waals surface area contributed by atoms with Gasteiger partial charge in [-0.2, -0.15) is 0 Å². The van der Waals surface area contributed by atoms with Crippen molar-refractivity contribution >= 4 is 12.4 Å². The van der Waals surface area contributed by atoms with E-state index in [1.54, 1.807) is 13.0 Å². The van der Waals surface area contributed by atoms with E-state index in [4.69, 9.17) is 4.74 Å². The molecule has 20 heavy (non-hydrogen) atoms. The van der Waals surface area contributed by atoms with Gasteiger partial charge in [0, 0.05) is 5.56 Å². The quantitative estimate of drug-likeness (QED) is 0.613. The summed E-state index contributed by atoms with van der Waals surface area (Å²) in [7, 11) is 0. The molecular weight excluding hydrogens is 271 g/mol. The van der Waals surface area contributed by atoms with Gasteiger partial charge < -0.3 is 17.7 Å². The van der Waals surface area contributed by atoms with Crippen LogP contribution in [0.1, 0.15) is 11.1 Å². The normalized spacial score (nSPS) is 11.4. The second-order valence-corrected chi connectivity index (χ2v) is 4.50. The fourth-order valence-corrected chi connectivity index (χ4v) is 1.83. The van der Waals surface area contributed by atoms with E-state index in [0.717, 1.165) is 6.07 Å². The molecule has 0 N–H and O–H groups in total. The summed E-state index contributed by atoms with van der Waals surface area (Å²) in [5, 5.41) is 0. The molecule has 106 valence electrons. The van der Waals surface area contributed by atoms with E-state index in [-0.39, 0.29) is 17.9 Å². The predicted molar refractivity (Wildman–Crippen MR) is 70.6 cm³/mol. The summed E-state index contributed by atoms with van der Waals surface area (Å²) in [6.07, 6.45) is 0. The van der Waals surface area contributed by atoms with Crippen molar-refractivity contribution in [2.45, 2.75) is 13.5 Å². The fourth-order valence-electron chi connectivity index (χ4n) is 1.83. The first-order chi connectivity index (χ1) is 9.38. The first kappa shape index (κ1) is 14.4. The van der Waals surface area contributed by atoms with Crippen molar-refractivity contribution in [2.24, 2.45) is 0 Å². The third kappa shape index (κ3) is 3.32. The Kier molecular flexibility index (Phi) is 4.02. The lowest BCUT2D eigenvalue weighted by Crippen LogP contribution is -2.35. The standard InChI is InChI=1S/C14H12BF4O/c1-10-6-7-14(12(8-10)15(17,18)19)20-9-11-4-2-3-5-13(11)16/h2-8H,9H2,1H3/q-1. The molecule has 0 radical (unpaired) electrons. The highest BCUT2D eigenvalue weighted by Gasteiger charge is 2.29. The van der Waals surface area contributed by atoms with Crippen molar-refractivity contribution in [2.75, 3.05) is 0 Å². The minimum atomic E-state index is -5.17. The van der Waals surface area contributed by atoms with Crippen LogP contribution >= 0.6 is 0 Å². The molecule has 0 unspecified atom stereocenters. The van der Waals surface area contributed by atoms with E-state index in [1.165, 1.54) is 30.3 Å². The summed E-state index contributed by atoms with van der Waals surface area (Å²) in [6.45, 7) is -3.83. The SMILES string of the molecule is Cc1ccc(OCc2ccccc2F)c([B-](F)(F)F)c1.